The highest BCUT2D eigenvalue weighted by atomic mass is 16.6. The van der Waals surface area contributed by atoms with Gasteiger partial charge in [0.05, 0.1) is 6.10 Å². The summed E-state index contributed by atoms with van der Waals surface area (Å²) in [4.78, 5) is 15.7. The van der Waals surface area contributed by atoms with Crippen molar-refractivity contribution in [3.05, 3.63) is 35.9 Å². The number of aliphatic imine (C=N–C) groups is 1. The first-order valence-electron chi connectivity index (χ1n) is 9.39. The fourth-order valence-corrected chi connectivity index (χ4v) is 2.24. The number of benzene rings is 1. The van der Waals surface area contributed by atoms with Gasteiger partial charge < -0.3 is 25.4 Å². The lowest BCUT2D eigenvalue weighted by molar-refractivity contribution is 0.0528. The predicted octanol–water partition coefficient (Wildman–Crippen LogP) is 2.84. The molecule has 0 radical (unpaired) electrons. The molecule has 1 aromatic rings. The molecule has 0 aromatic heterocycles. The molecule has 0 bridgehead atoms. The first-order chi connectivity index (χ1) is 12.8. The Hall–Kier alpha value is -2.28. The lowest BCUT2D eigenvalue weighted by atomic mass is 10.1. The second-order valence-electron chi connectivity index (χ2n) is 7.13. The summed E-state index contributed by atoms with van der Waals surface area (Å²) in [5.74, 6) is 0.692. The van der Waals surface area contributed by atoms with Gasteiger partial charge >= 0.3 is 6.09 Å². The van der Waals surface area contributed by atoms with Crippen LogP contribution in [0.5, 0.6) is 0 Å². The number of carbonyl (C=O) groups is 1. The molecule has 1 aromatic carbocycles. The summed E-state index contributed by atoms with van der Waals surface area (Å²) >= 11 is 0. The van der Waals surface area contributed by atoms with Crippen LogP contribution < -0.4 is 16.0 Å². The van der Waals surface area contributed by atoms with Crippen LogP contribution in [0.25, 0.3) is 0 Å². The number of alkyl carbamates (subject to hydrolysis) is 1. The number of nitrogens with zero attached hydrogens (tertiary/aromatic N) is 1. The summed E-state index contributed by atoms with van der Waals surface area (Å²) in [5, 5.41) is 9.06. The smallest absolute Gasteiger partial charge is 0.407 e. The van der Waals surface area contributed by atoms with Crippen molar-refractivity contribution in [2.75, 3.05) is 33.3 Å². The molecule has 0 heterocycles. The number of ether oxygens (including phenoxy) is 2. The number of amides is 1. The van der Waals surface area contributed by atoms with E-state index in [0.717, 1.165) is 13.0 Å². The van der Waals surface area contributed by atoms with Crippen LogP contribution in [0.2, 0.25) is 0 Å². The largest absolute Gasteiger partial charge is 0.444 e. The molecule has 1 rings (SSSR count). The minimum atomic E-state index is -0.491. The Morgan fingerprint density at radius 2 is 1.70 bits per heavy atom. The van der Waals surface area contributed by atoms with Crippen LogP contribution in [0.3, 0.4) is 0 Å². The van der Waals surface area contributed by atoms with E-state index in [2.05, 4.69) is 40.0 Å². The Morgan fingerprint density at radius 1 is 1.07 bits per heavy atom. The molecule has 1 amide bonds. The van der Waals surface area contributed by atoms with Crippen LogP contribution in [0.1, 0.15) is 45.8 Å². The minimum absolute atomic E-state index is 0.0857. The van der Waals surface area contributed by atoms with E-state index in [1.807, 2.05) is 39.0 Å². The van der Waals surface area contributed by atoms with Crippen LogP contribution in [0, 0.1) is 0 Å². The standard InChI is InChI=1S/C20H34N4O3/c1-16(17-10-7-6-8-11-17)26-15-9-12-22-18(21-5)23-13-14-24-19(25)27-20(2,3)4/h6-8,10-11,16H,9,12-15H2,1-5H3,(H,24,25)(H2,21,22,23). The molecule has 0 spiro atoms. The maximum atomic E-state index is 11.6. The van der Waals surface area contributed by atoms with Crippen molar-refractivity contribution in [2.45, 2.75) is 45.8 Å². The second kappa shape index (κ2) is 12.2. The topological polar surface area (TPSA) is 84.0 Å². The quantitative estimate of drug-likeness (QED) is 0.350. The van der Waals surface area contributed by atoms with Crippen LogP contribution in [0.15, 0.2) is 35.3 Å². The van der Waals surface area contributed by atoms with E-state index < -0.39 is 11.7 Å². The SMILES string of the molecule is CN=C(NCCCOC(C)c1ccccc1)NCCNC(=O)OC(C)(C)C. The molecule has 0 saturated heterocycles. The van der Waals surface area contributed by atoms with Gasteiger partial charge in [-0.15, -0.1) is 0 Å². The summed E-state index contributed by atoms with van der Waals surface area (Å²) < 4.78 is 11.0. The van der Waals surface area contributed by atoms with E-state index in [4.69, 9.17) is 9.47 Å². The number of nitrogens with one attached hydrogen (secondary N) is 3. The van der Waals surface area contributed by atoms with Gasteiger partial charge in [0.1, 0.15) is 5.60 Å². The van der Waals surface area contributed by atoms with E-state index in [1.165, 1.54) is 5.56 Å². The first kappa shape index (κ1) is 22.8. The van der Waals surface area contributed by atoms with Gasteiger partial charge in [-0.2, -0.15) is 0 Å². The average Bonchev–Trinajstić information content (AvgIpc) is 2.62. The first-order valence-corrected chi connectivity index (χ1v) is 9.39. The van der Waals surface area contributed by atoms with Crippen molar-refractivity contribution in [2.24, 2.45) is 4.99 Å². The Bertz CT molecular complexity index is 570. The predicted molar refractivity (Wildman–Crippen MR) is 109 cm³/mol. The molecule has 0 aliphatic rings. The normalized spacial score (nSPS) is 13.0. The Balaban J connectivity index is 2.10. The maximum absolute atomic E-state index is 11.6. The summed E-state index contributed by atoms with van der Waals surface area (Å²) in [5.41, 5.74) is 0.690. The summed E-state index contributed by atoms with van der Waals surface area (Å²) in [7, 11) is 1.71. The molecule has 7 nitrogen and oxygen atoms in total. The van der Waals surface area contributed by atoms with Gasteiger partial charge in [0, 0.05) is 33.3 Å². The van der Waals surface area contributed by atoms with E-state index in [-0.39, 0.29) is 6.10 Å². The lowest BCUT2D eigenvalue weighted by Gasteiger charge is -2.20. The molecule has 7 heteroatoms. The molecule has 152 valence electrons. The fourth-order valence-electron chi connectivity index (χ4n) is 2.24. The highest BCUT2D eigenvalue weighted by Gasteiger charge is 2.15. The number of hydrogen-bond acceptors (Lipinski definition) is 4. The Kier molecular flexibility index (Phi) is 10.3. The zero-order valence-electron chi connectivity index (χ0n) is 17.2. The van der Waals surface area contributed by atoms with Crippen molar-refractivity contribution >= 4 is 12.1 Å². The number of hydrogen-bond donors (Lipinski definition) is 3. The van der Waals surface area contributed by atoms with Crippen molar-refractivity contribution < 1.29 is 14.3 Å². The zero-order chi connectivity index (χ0) is 20.1. The molecular formula is C20H34N4O3. The summed E-state index contributed by atoms with van der Waals surface area (Å²) in [6.07, 6.45) is 0.535. The van der Waals surface area contributed by atoms with Gasteiger partial charge in [0.25, 0.3) is 0 Å². The van der Waals surface area contributed by atoms with Gasteiger partial charge in [-0.3, -0.25) is 4.99 Å². The van der Waals surface area contributed by atoms with E-state index in [1.54, 1.807) is 7.05 Å². The molecule has 0 fully saturated rings. The summed E-state index contributed by atoms with van der Waals surface area (Å²) in [6, 6.07) is 10.2. The molecule has 1 atom stereocenters. The van der Waals surface area contributed by atoms with Gasteiger partial charge in [0.2, 0.25) is 0 Å². The fraction of sp³-hybridized carbons (Fsp3) is 0.600. The Labute approximate surface area is 162 Å². The lowest BCUT2D eigenvalue weighted by Crippen LogP contribution is -2.42. The van der Waals surface area contributed by atoms with Crippen LogP contribution in [-0.2, 0) is 9.47 Å². The third-order valence-corrected chi connectivity index (χ3v) is 3.56. The van der Waals surface area contributed by atoms with E-state index >= 15 is 0 Å². The average molecular weight is 379 g/mol. The minimum Gasteiger partial charge on any atom is -0.444 e. The second-order valence-corrected chi connectivity index (χ2v) is 7.13. The van der Waals surface area contributed by atoms with Gasteiger partial charge in [-0.1, -0.05) is 30.3 Å². The highest BCUT2D eigenvalue weighted by molar-refractivity contribution is 5.79. The van der Waals surface area contributed by atoms with Gasteiger partial charge in [-0.05, 0) is 39.7 Å². The summed E-state index contributed by atoms with van der Waals surface area (Å²) in [6.45, 7) is 9.98. The van der Waals surface area contributed by atoms with Crippen LogP contribution in [0.4, 0.5) is 4.79 Å². The van der Waals surface area contributed by atoms with E-state index in [0.29, 0.717) is 25.7 Å². The highest BCUT2D eigenvalue weighted by Crippen LogP contribution is 2.15. The number of carbonyl (C=O) groups excluding carboxylic acids is 1. The molecule has 3 N–H and O–H groups in total. The monoisotopic (exact) mass is 378 g/mol. The van der Waals surface area contributed by atoms with Crippen LogP contribution >= 0.6 is 0 Å². The van der Waals surface area contributed by atoms with Crippen molar-refractivity contribution in [3.63, 3.8) is 0 Å². The molecule has 0 aliphatic heterocycles. The van der Waals surface area contributed by atoms with E-state index in [9.17, 15) is 4.79 Å². The molecule has 1 unspecified atom stereocenters. The van der Waals surface area contributed by atoms with Gasteiger partial charge in [-0.25, -0.2) is 4.79 Å². The number of guanidine groups is 1. The van der Waals surface area contributed by atoms with Crippen molar-refractivity contribution in [1.82, 2.24) is 16.0 Å². The molecule has 27 heavy (non-hydrogen) atoms. The zero-order valence-corrected chi connectivity index (χ0v) is 17.2. The van der Waals surface area contributed by atoms with Crippen molar-refractivity contribution in [3.8, 4) is 0 Å². The number of rotatable bonds is 9. The van der Waals surface area contributed by atoms with Gasteiger partial charge in [0.15, 0.2) is 5.96 Å². The third-order valence-electron chi connectivity index (χ3n) is 3.56. The van der Waals surface area contributed by atoms with Crippen molar-refractivity contribution in [1.29, 1.82) is 0 Å². The maximum Gasteiger partial charge on any atom is 0.407 e. The third kappa shape index (κ3) is 11.1. The Morgan fingerprint density at radius 3 is 2.33 bits per heavy atom. The van der Waals surface area contributed by atoms with Crippen LogP contribution in [-0.4, -0.2) is 50.9 Å². The molecule has 0 saturated carbocycles. The molecule has 0 aliphatic carbocycles. The molecular weight excluding hydrogens is 344 g/mol.